The van der Waals surface area contributed by atoms with Gasteiger partial charge in [-0.15, -0.1) is 11.3 Å². The molecule has 1 fully saturated rings. The lowest BCUT2D eigenvalue weighted by Crippen LogP contribution is -2.28. The van der Waals surface area contributed by atoms with Crippen LogP contribution in [0.4, 0.5) is 0 Å². The van der Waals surface area contributed by atoms with Crippen molar-refractivity contribution in [2.75, 3.05) is 13.2 Å². The summed E-state index contributed by atoms with van der Waals surface area (Å²) in [4.78, 5) is 7.06. The normalized spacial score (nSPS) is 16.8. The molecular weight excluding hydrogens is 232 g/mol. The molecule has 0 spiro atoms. The molecule has 2 rings (SSSR count). The van der Waals surface area contributed by atoms with Crippen LogP contribution in [0.3, 0.4) is 0 Å². The van der Waals surface area contributed by atoms with Crippen molar-refractivity contribution in [3.05, 3.63) is 16.1 Å². The van der Waals surface area contributed by atoms with Gasteiger partial charge in [-0.2, -0.15) is 0 Å². The Labute approximate surface area is 107 Å². The number of hydrogen-bond acceptors (Lipinski definition) is 4. The maximum absolute atomic E-state index is 9.07. The number of rotatable bonds is 5. The van der Waals surface area contributed by atoms with E-state index in [1.54, 1.807) is 11.3 Å². The zero-order valence-electron chi connectivity index (χ0n) is 10.9. The van der Waals surface area contributed by atoms with E-state index in [2.05, 4.69) is 31.1 Å². The zero-order chi connectivity index (χ0) is 12.5. The Balaban J connectivity index is 1.99. The number of aliphatic hydroxyl groups is 1. The third-order valence-corrected chi connectivity index (χ3v) is 3.94. The molecule has 0 unspecified atom stereocenters. The Morgan fingerprint density at radius 1 is 1.47 bits per heavy atom. The summed E-state index contributed by atoms with van der Waals surface area (Å²) in [5.41, 5.74) is 1.31. The van der Waals surface area contributed by atoms with Crippen LogP contribution in [0, 0.1) is 0 Å². The SMILES string of the molecule is CC(C)(C)c1csc(CN(CCO)C2CC2)n1. The lowest BCUT2D eigenvalue weighted by Gasteiger charge is -2.19. The molecule has 4 heteroatoms. The van der Waals surface area contributed by atoms with E-state index in [-0.39, 0.29) is 12.0 Å². The van der Waals surface area contributed by atoms with Crippen LogP contribution in [0.1, 0.15) is 44.3 Å². The smallest absolute Gasteiger partial charge is 0.107 e. The van der Waals surface area contributed by atoms with Crippen molar-refractivity contribution in [2.45, 2.75) is 51.6 Å². The highest BCUT2D eigenvalue weighted by atomic mass is 32.1. The van der Waals surface area contributed by atoms with Gasteiger partial charge in [0.1, 0.15) is 5.01 Å². The first-order valence-electron chi connectivity index (χ1n) is 6.30. The fourth-order valence-electron chi connectivity index (χ4n) is 1.86. The molecule has 3 nitrogen and oxygen atoms in total. The predicted octanol–water partition coefficient (Wildman–Crippen LogP) is 2.40. The van der Waals surface area contributed by atoms with E-state index >= 15 is 0 Å². The molecule has 96 valence electrons. The van der Waals surface area contributed by atoms with Gasteiger partial charge in [-0.25, -0.2) is 4.98 Å². The highest BCUT2D eigenvalue weighted by Gasteiger charge is 2.29. The van der Waals surface area contributed by atoms with Gasteiger partial charge in [0.2, 0.25) is 0 Å². The molecule has 1 heterocycles. The topological polar surface area (TPSA) is 36.4 Å². The second kappa shape index (κ2) is 5.04. The van der Waals surface area contributed by atoms with Crippen molar-refractivity contribution < 1.29 is 5.11 Å². The summed E-state index contributed by atoms with van der Waals surface area (Å²) in [6.07, 6.45) is 2.55. The van der Waals surface area contributed by atoms with Crippen molar-refractivity contribution in [1.82, 2.24) is 9.88 Å². The minimum atomic E-state index is 0.135. The molecule has 1 aliphatic carbocycles. The molecule has 0 saturated heterocycles. The van der Waals surface area contributed by atoms with Crippen LogP contribution in [0.25, 0.3) is 0 Å². The van der Waals surface area contributed by atoms with Crippen molar-refractivity contribution in [3.8, 4) is 0 Å². The summed E-state index contributed by atoms with van der Waals surface area (Å²) in [6, 6.07) is 0.684. The number of nitrogens with zero attached hydrogens (tertiary/aromatic N) is 2. The molecule has 17 heavy (non-hydrogen) atoms. The molecule has 0 atom stereocenters. The largest absolute Gasteiger partial charge is 0.395 e. The summed E-state index contributed by atoms with van der Waals surface area (Å²) in [5.74, 6) is 0. The number of aromatic nitrogens is 1. The molecule has 1 aromatic rings. The zero-order valence-corrected chi connectivity index (χ0v) is 11.8. The molecule has 1 saturated carbocycles. The Morgan fingerprint density at radius 2 is 2.18 bits per heavy atom. The summed E-state index contributed by atoms with van der Waals surface area (Å²) in [5, 5.41) is 12.4. The van der Waals surface area contributed by atoms with Crippen molar-refractivity contribution in [1.29, 1.82) is 0 Å². The van der Waals surface area contributed by atoms with Crippen molar-refractivity contribution in [3.63, 3.8) is 0 Å². The maximum atomic E-state index is 9.07. The van der Waals surface area contributed by atoms with Crippen molar-refractivity contribution >= 4 is 11.3 Å². The van der Waals surface area contributed by atoms with Gasteiger partial charge in [-0.3, -0.25) is 4.90 Å². The Kier molecular flexibility index (Phi) is 3.85. The van der Waals surface area contributed by atoms with E-state index in [1.807, 2.05) is 0 Å². The summed E-state index contributed by atoms with van der Waals surface area (Å²) in [7, 11) is 0. The average Bonchev–Trinajstić information content (AvgIpc) is 2.96. The minimum absolute atomic E-state index is 0.135. The van der Waals surface area contributed by atoms with Crippen molar-refractivity contribution in [2.24, 2.45) is 0 Å². The van der Waals surface area contributed by atoms with E-state index in [0.717, 1.165) is 13.1 Å². The molecule has 1 aromatic heterocycles. The molecule has 0 bridgehead atoms. The maximum Gasteiger partial charge on any atom is 0.107 e. The predicted molar refractivity (Wildman–Crippen MR) is 71.3 cm³/mol. The lowest BCUT2D eigenvalue weighted by atomic mass is 9.93. The number of aliphatic hydroxyl groups excluding tert-OH is 1. The molecular formula is C13H22N2OS. The van der Waals surface area contributed by atoms with Crippen LogP contribution < -0.4 is 0 Å². The summed E-state index contributed by atoms with van der Waals surface area (Å²) >= 11 is 1.74. The fraction of sp³-hybridized carbons (Fsp3) is 0.769. The van der Waals surface area contributed by atoms with Gasteiger partial charge in [0.25, 0.3) is 0 Å². The van der Waals surface area contributed by atoms with Gasteiger partial charge < -0.3 is 5.11 Å². The van der Waals surface area contributed by atoms with E-state index in [9.17, 15) is 0 Å². The van der Waals surface area contributed by atoms with Crippen LogP contribution in [0.15, 0.2) is 5.38 Å². The molecule has 1 aliphatic rings. The van der Waals surface area contributed by atoms with E-state index < -0.39 is 0 Å². The fourth-order valence-corrected chi connectivity index (χ4v) is 2.91. The second-order valence-corrected chi connectivity index (χ2v) is 6.74. The highest BCUT2D eigenvalue weighted by molar-refractivity contribution is 7.09. The van der Waals surface area contributed by atoms with Crippen LogP contribution in [-0.4, -0.2) is 34.2 Å². The first kappa shape index (κ1) is 13.0. The molecule has 0 aliphatic heterocycles. The van der Waals surface area contributed by atoms with Gasteiger partial charge in [-0.1, -0.05) is 20.8 Å². The van der Waals surface area contributed by atoms with Gasteiger partial charge in [0.05, 0.1) is 18.8 Å². The second-order valence-electron chi connectivity index (χ2n) is 5.80. The highest BCUT2D eigenvalue weighted by Crippen LogP contribution is 2.30. The Hall–Kier alpha value is -0.450. The summed E-state index contributed by atoms with van der Waals surface area (Å²) in [6.45, 7) is 8.49. The van der Waals surface area contributed by atoms with Crippen LogP contribution in [0.2, 0.25) is 0 Å². The molecule has 1 N–H and O–H groups in total. The standard InChI is InChI=1S/C13H22N2OS/c1-13(2,3)11-9-17-12(14-11)8-15(6-7-16)10-4-5-10/h9-10,16H,4-8H2,1-3H3. The summed E-state index contributed by atoms with van der Waals surface area (Å²) < 4.78 is 0. The Morgan fingerprint density at radius 3 is 2.65 bits per heavy atom. The lowest BCUT2D eigenvalue weighted by molar-refractivity contribution is 0.183. The van der Waals surface area contributed by atoms with Gasteiger partial charge in [0, 0.05) is 23.4 Å². The number of hydrogen-bond donors (Lipinski definition) is 1. The van der Waals surface area contributed by atoms with Gasteiger partial charge in [-0.05, 0) is 12.8 Å². The third kappa shape index (κ3) is 3.50. The van der Waals surface area contributed by atoms with E-state index in [0.29, 0.717) is 6.04 Å². The number of thiazole rings is 1. The van der Waals surface area contributed by atoms with Gasteiger partial charge in [0.15, 0.2) is 0 Å². The molecule has 0 radical (unpaired) electrons. The van der Waals surface area contributed by atoms with Crippen LogP contribution in [-0.2, 0) is 12.0 Å². The first-order valence-corrected chi connectivity index (χ1v) is 7.18. The minimum Gasteiger partial charge on any atom is -0.395 e. The van der Waals surface area contributed by atoms with Crippen LogP contribution in [0.5, 0.6) is 0 Å². The third-order valence-electron chi connectivity index (χ3n) is 3.11. The van der Waals surface area contributed by atoms with E-state index in [1.165, 1.54) is 23.5 Å². The van der Waals surface area contributed by atoms with Gasteiger partial charge >= 0.3 is 0 Å². The van der Waals surface area contributed by atoms with Crippen LogP contribution >= 0.6 is 11.3 Å². The first-order chi connectivity index (χ1) is 8.00. The van der Waals surface area contributed by atoms with E-state index in [4.69, 9.17) is 10.1 Å². The Bertz CT molecular complexity index is 366. The molecule has 0 aromatic carbocycles. The monoisotopic (exact) mass is 254 g/mol. The molecule has 0 amide bonds. The quantitative estimate of drug-likeness (QED) is 0.876. The average molecular weight is 254 g/mol.